The van der Waals surface area contributed by atoms with Crippen LogP contribution in [0.3, 0.4) is 0 Å². The molecule has 0 amide bonds. The van der Waals surface area contributed by atoms with Gasteiger partial charge in [0.1, 0.15) is 0 Å². The summed E-state index contributed by atoms with van der Waals surface area (Å²) in [7, 11) is 0. The molecule has 0 aromatic heterocycles. The lowest BCUT2D eigenvalue weighted by molar-refractivity contribution is -0.384. The maximum atomic E-state index is 10.9. The zero-order valence-corrected chi connectivity index (χ0v) is 13.2. The van der Waals surface area contributed by atoms with Crippen LogP contribution in [0.5, 0.6) is 0 Å². The number of nitro groups is 1. The Hall–Kier alpha value is -2.24. The normalized spacial score (nSPS) is 13.5. The second-order valence-corrected chi connectivity index (χ2v) is 5.60. The van der Waals surface area contributed by atoms with Gasteiger partial charge in [0.15, 0.2) is 0 Å². The smallest absolute Gasteiger partial charge is 0.269 e. The van der Waals surface area contributed by atoms with E-state index in [9.17, 15) is 15.2 Å². The summed E-state index contributed by atoms with van der Waals surface area (Å²) in [5, 5.41) is 23.6. The number of nitro benzene ring substituents is 1. The zero-order chi connectivity index (χ0) is 16.7. The summed E-state index contributed by atoms with van der Waals surface area (Å²) in [6.07, 6.45) is 0.679. The lowest BCUT2D eigenvalue weighted by Crippen LogP contribution is -2.25. The Balaban J connectivity index is 2.02. The van der Waals surface area contributed by atoms with Gasteiger partial charge in [-0.2, -0.15) is 0 Å². The van der Waals surface area contributed by atoms with E-state index >= 15 is 0 Å². The Bertz CT molecular complexity index is 631. The van der Waals surface area contributed by atoms with Crippen molar-refractivity contribution in [2.24, 2.45) is 0 Å². The number of aliphatic hydroxyl groups is 1. The van der Waals surface area contributed by atoms with Crippen LogP contribution in [0.25, 0.3) is 0 Å². The summed E-state index contributed by atoms with van der Waals surface area (Å²) >= 11 is 0. The number of nitrogens with one attached hydrogen (secondary N) is 1. The van der Waals surface area contributed by atoms with Gasteiger partial charge in [-0.3, -0.25) is 10.1 Å². The first-order chi connectivity index (χ1) is 11.1. The number of aliphatic hydroxyl groups excluding tert-OH is 1. The van der Waals surface area contributed by atoms with Gasteiger partial charge < -0.3 is 10.4 Å². The molecule has 23 heavy (non-hydrogen) atoms. The van der Waals surface area contributed by atoms with Crippen LogP contribution >= 0.6 is 0 Å². The van der Waals surface area contributed by atoms with Gasteiger partial charge in [-0.15, -0.1) is 0 Å². The van der Waals surface area contributed by atoms with E-state index in [1.54, 1.807) is 12.1 Å². The molecule has 0 radical (unpaired) electrons. The minimum absolute atomic E-state index is 0.000180. The molecule has 0 aliphatic carbocycles. The summed E-state index contributed by atoms with van der Waals surface area (Å²) in [5.74, 6) is 0.211. The lowest BCUT2D eigenvalue weighted by Gasteiger charge is -2.21. The third kappa shape index (κ3) is 4.87. The SMILES string of the molecule is CC(NCC(CCO)c1ccccc1)c1cccc([N+](=O)[O-])c1. The minimum atomic E-state index is -0.380. The quantitative estimate of drug-likeness (QED) is 0.578. The number of nitrogens with zero attached hydrogens (tertiary/aromatic N) is 1. The summed E-state index contributed by atoms with van der Waals surface area (Å²) in [6, 6.07) is 16.7. The van der Waals surface area contributed by atoms with Crippen molar-refractivity contribution >= 4 is 5.69 Å². The molecule has 0 bridgehead atoms. The number of rotatable bonds is 8. The van der Waals surface area contributed by atoms with E-state index in [4.69, 9.17) is 0 Å². The summed E-state index contributed by atoms with van der Waals surface area (Å²) in [6.45, 7) is 2.82. The monoisotopic (exact) mass is 314 g/mol. The number of hydrogen-bond donors (Lipinski definition) is 2. The van der Waals surface area contributed by atoms with Gasteiger partial charge in [-0.25, -0.2) is 0 Å². The van der Waals surface area contributed by atoms with Crippen molar-refractivity contribution in [1.29, 1.82) is 0 Å². The molecule has 2 rings (SSSR count). The third-order valence-corrected chi connectivity index (χ3v) is 4.00. The highest BCUT2D eigenvalue weighted by molar-refractivity contribution is 5.35. The Kier molecular flexibility index (Phi) is 6.26. The Morgan fingerprint density at radius 1 is 1.13 bits per heavy atom. The summed E-state index contributed by atoms with van der Waals surface area (Å²) < 4.78 is 0. The van der Waals surface area contributed by atoms with Gasteiger partial charge in [-0.05, 0) is 30.4 Å². The molecule has 2 atom stereocenters. The van der Waals surface area contributed by atoms with Gasteiger partial charge in [0.05, 0.1) is 4.92 Å². The maximum absolute atomic E-state index is 10.9. The van der Waals surface area contributed by atoms with Crippen molar-refractivity contribution in [1.82, 2.24) is 5.32 Å². The summed E-state index contributed by atoms with van der Waals surface area (Å²) in [5.41, 5.74) is 2.17. The van der Waals surface area contributed by atoms with Gasteiger partial charge in [0.2, 0.25) is 0 Å². The van der Waals surface area contributed by atoms with Crippen LogP contribution in [0.2, 0.25) is 0 Å². The van der Waals surface area contributed by atoms with E-state index in [0.717, 1.165) is 5.56 Å². The second-order valence-electron chi connectivity index (χ2n) is 5.60. The van der Waals surface area contributed by atoms with Crippen LogP contribution in [-0.2, 0) is 0 Å². The maximum Gasteiger partial charge on any atom is 0.269 e. The third-order valence-electron chi connectivity index (χ3n) is 4.00. The van der Waals surface area contributed by atoms with Crippen LogP contribution in [0.15, 0.2) is 54.6 Å². The van der Waals surface area contributed by atoms with Crippen LogP contribution in [0.1, 0.15) is 36.4 Å². The Labute approximate surface area is 136 Å². The molecule has 0 saturated heterocycles. The molecule has 2 aromatic rings. The zero-order valence-electron chi connectivity index (χ0n) is 13.2. The van der Waals surface area contributed by atoms with Crippen LogP contribution in [0.4, 0.5) is 5.69 Å². The molecule has 122 valence electrons. The van der Waals surface area contributed by atoms with Gasteiger partial charge in [0.25, 0.3) is 5.69 Å². The van der Waals surface area contributed by atoms with E-state index < -0.39 is 0 Å². The standard InChI is InChI=1S/C18H22N2O3/c1-14(16-8-5-9-18(12-16)20(22)23)19-13-17(10-11-21)15-6-3-2-4-7-15/h2-9,12,14,17,19,21H,10-11,13H2,1H3. The average molecular weight is 314 g/mol. The van der Waals surface area contributed by atoms with E-state index in [2.05, 4.69) is 17.4 Å². The van der Waals surface area contributed by atoms with E-state index in [1.165, 1.54) is 11.6 Å². The Morgan fingerprint density at radius 2 is 1.83 bits per heavy atom. The first-order valence-electron chi connectivity index (χ1n) is 7.75. The van der Waals surface area contributed by atoms with E-state index in [1.807, 2.05) is 31.2 Å². The molecular formula is C18H22N2O3. The Morgan fingerprint density at radius 3 is 2.48 bits per heavy atom. The second kappa shape index (κ2) is 8.41. The van der Waals surface area contributed by atoms with Crippen molar-refractivity contribution < 1.29 is 10.0 Å². The van der Waals surface area contributed by atoms with Gasteiger partial charge in [0, 0.05) is 31.3 Å². The van der Waals surface area contributed by atoms with E-state index in [-0.39, 0.29) is 29.2 Å². The largest absolute Gasteiger partial charge is 0.396 e. The minimum Gasteiger partial charge on any atom is -0.396 e. The molecule has 0 aliphatic heterocycles. The molecule has 2 unspecified atom stereocenters. The molecule has 0 fully saturated rings. The first kappa shape index (κ1) is 17.1. The average Bonchev–Trinajstić information content (AvgIpc) is 2.59. The summed E-state index contributed by atoms with van der Waals surface area (Å²) in [4.78, 5) is 10.5. The first-order valence-corrected chi connectivity index (χ1v) is 7.75. The number of hydrogen-bond acceptors (Lipinski definition) is 4. The molecule has 0 heterocycles. The molecule has 2 aromatic carbocycles. The molecule has 0 spiro atoms. The highest BCUT2D eigenvalue weighted by Crippen LogP contribution is 2.22. The van der Waals surface area contributed by atoms with Crippen molar-refractivity contribution in [3.63, 3.8) is 0 Å². The van der Waals surface area contributed by atoms with E-state index in [0.29, 0.717) is 13.0 Å². The van der Waals surface area contributed by atoms with Crippen molar-refractivity contribution in [2.45, 2.75) is 25.3 Å². The molecule has 0 saturated carbocycles. The van der Waals surface area contributed by atoms with Crippen molar-refractivity contribution in [3.8, 4) is 0 Å². The molecular weight excluding hydrogens is 292 g/mol. The fourth-order valence-corrected chi connectivity index (χ4v) is 2.61. The number of benzene rings is 2. The highest BCUT2D eigenvalue weighted by Gasteiger charge is 2.14. The predicted molar refractivity (Wildman–Crippen MR) is 90.4 cm³/mol. The topological polar surface area (TPSA) is 75.4 Å². The van der Waals surface area contributed by atoms with Crippen LogP contribution in [-0.4, -0.2) is 23.2 Å². The molecule has 5 heteroatoms. The van der Waals surface area contributed by atoms with Gasteiger partial charge >= 0.3 is 0 Å². The molecule has 2 N–H and O–H groups in total. The van der Waals surface area contributed by atoms with Crippen molar-refractivity contribution in [3.05, 3.63) is 75.8 Å². The fraction of sp³-hybridized carbons (Fsp3) is 0.333. The van der Waals surface area contributed by atoms with Crippen LogP contribution in [0, 0.1) is 10.1 Å². The van der Waals surface area contributed by atoms with Crippen molar-refractivity contribution in [2.75, 3.05) is 13.2 Å². The molecule has 5 nitrogen and oxygen atoms in total. The lowest BCUT2D eigenvalue weighted by atomic mass is 9.95. The number of non-ortho nitro benzene ring substituents is 1. The predicted octanol–water partition coefficient (Wildman–Crippen LogP) is 3.41. The van der Waals surface area contributed by atoms with Gasteiger partial charge in [-0.1, -0.05) is 42.5 Å². The molecule has 0 aliphatic rings. The van der Waals surface area contributed by atoms with Crippen LogP contribution < -0.4 is 5.32 Å². The highest BCUT2D eigenvalue weighted by atomic mass is 16.6. The fourth-order valence-electron chi connectivity index (χ4n) is 2.61.